The van der Waals surface area contributed by atoms with Crippen molar-refractivity contribution in [1.82, 2.24) is 0 Å². The number of phenols is 1. The number of aromatic hydroxyl groups is 1. The number of para-hydroxylation sites is 1. The number of carbonyl (C=O) groups excluding carboxylic acids is 1. The number of carbonyl (C=O) groups is 1. The van der Waals surface area contributed by atoms with Crippen LogP contribution in [0.15, 0.2) is 69.8 Å². The van der Waals surface area contributed by atoms with Crippen molar-refractivity contribution in [2.45, 2.75) is 20.3 Å². The van der Waals surface area contributed by atoms with E-state index in [9.17, 15) is 15.0 Å². The lowest BCUT2D eigenvalue weighted by Gasteiger charge is -2.07. The van der Waals surface area contributed by atoms with Crippen molar-refractivity contribution < 1.29 is 24.5 Å². The molecule has 0 aliphatic carbocycles. The summed E-state index contributed by atoms with van der Waals surface area (Å²) in [6.07, 6.45) is 2.51. The summed E-state index contributed by atoms with van der Waals surface area (Å²) in [5, 5.41) is 21.3. The highest BCUT2D eigenvalue weighted by Gasteiger charge is 2.33. The van der Waals surface area contributed by atoms with E-state index in [1.807, 2.05) is 37.3 Å². The predicted octanol–water partition coefficient (Wildman–Crippen LogP) is 5.37. The zero-order valence-corrected chi connectivity index (χ0v) is 17.6. The van der Waals surface area contributed by atoms with Gasteiger partial charge in [-0.15, -0.1) is 0 Å². The molecule has 30 heavy (non-hydrogen) atoms. The highest BCUT2D eigenvalue weighted by molar-refractivity contribution is 8.18. The first-order valence-electron chi connectivity index (χ1n) is 9.63. The summed E-state index contributed by atoms with van der Waals surface area (Å²) in [5.74, 6) is -0.421. The van der Waals surface area contributed by atoms with Crippen LogP contribution in [0, 0.1) is 0 Å². The molecule has 7 heteroatoms. The Kier molecular flexibility index (Phi) is 7.19. The van der Waals surface area contributed by atoms with E-state index in [1.54, 1.807) is 31.2 Å². The number of hydrogen-bond donors (Lipinski definition) is 2. The van der Waals surface area contributed by atoms with E-state index in [0.29, 0.717) is 33.6 Å². The molecule has 0 saturated heterocycles. The van der Waals surface area contributed by atoms with Gasteiger partial charge in [-0.05, 0) is 49.2 Å². The molecule has 0 amide bonds. The summed E-state index contributed by atoms with van der Waals surface area (Å²) in [6.45, 7) is 4.38. The standard InChI is InChI=1S/C23H23NO5S/c1-3-12-29-18-11-10-15(13-17(18)25)14-19-21(26)20(23(27)28-4-2)22(30-19)24-16-8-6-5-7-9-16/h5-11,13-14,25-26H,3-4,12H2,1-2H3/b19-14-,24-22?. The first-order chi connectivity index (χ1) is 14.5. The molecule has 0 bridgehead atoms. The normalized spacial score (nSPS) is 16.3. The van der Waals surface area contributed by atoms with Crippen LogP contribution in [0.25, 0.3) is 6.08 Å². The van der Waals surface area contributed by atoms with Crippen LogP contribution in [-0.4, -0.2) is 34.4 Å². The fourth-order valence-corrected chi connectivity index (χ4v) is 3.76. The Morgan fingerprint density at radius 2 is 1.90 bits per heavy atom. The molecule has 1 aliphatic rings. The number of esters is 1. The highest BCUT2D eigenvalue weighted by Crippen LogP contribution is 2.40. The van der Waals surface area contributed by atoms with Gasteiger partial charge in [0.15, 0.2) is 11.5 Å². The Hall–Kier alpha value is -3.19. The molecule has 2 aromatic carbocycles. The summed E-state index contributed by atoms with van der Waals surface area (Å²) in [4.78, 5) is 17.4. The fourth-order valence-electron chi connectivity index (χ4n) is 2.72. The van der Waals surface area contributed by atoms with Crippen LogP contribution in [0.4, 0.5) is 5.69 Å². The van der Waals surface area contributed by atoms with Crippen LogP contribution < -0.4 is 4.74 Å². The predicted molar refractivity (Wildman–Crippen MR) is 119 cm³/mol. The first-order valence-corrected chi connectivity index (χ1v) is 10.4. The third-order valence-corrected chi connectivity index (χ3v) is 5.12. The van der Waals surface area contributed by atoms with Crippen molar-refractivity contribution in [3.8, 4) is 11.5 Å². The average Bonchev–Trinajstić information content (AvgIpc) is 3.03. The summed E-state index contributed by atoms with van der Waals surface area (Å²) >= 11 is 1.17. The minimum atomic E-state index is -0.633. The summed E-state index contributed by atoms with van der Waals surface area (Å²) in [5.41, 5.74) is 1.34. The van der Waals surface area contributed by atoms with E-state index in [-0.39, 0.29) is 23.7 Å². The van der Waals surface area contributed by atoms with Gasteiger partial charge in [0.25, 0.3) is 0 Å². The van der Waals surface area contributed by atoms with Crippen LogP contribution in [0.1, 0.15) is 25.8 Å². The van der Waals surface area contributed by atoms with E-state index in [0.717, 1.165) is 6.42 Å². The maximum atomic E-state index is 12.4. The molecule has 3 rings (SSSR count). The Balaban J connectivity index is 1.96. The average molecular weight is 426 g/mol. The van der Waals surface area contributed by atoms with Gasteiger partial charge in [0.05, 0.1) is 23.8 Å². The van der Waals surface area contributed by atoms with Crippen LogP contribution in [-0.2, 0) is 9.53 Å². The lowest BCUT2D eigenvalue weighted by molar-refractivity contribution is -0.138. The Bertz CT molecular complexity index is 1010. The third kappa shape index (κ3) is 5.04. The summed E-state index contributed by atoms with van der Waals surface area (Å²) < 4.78 is 10.6. The van der Waals surface area contributed by atoms with Gasteiger partial charge < -0.3 is 19.7 Å². The van der Waals surface area contributed by atoms with Crippen LogP contribution in [0.3, 0.4) is 0 Å². The zero-order valence-electron chi connectivity index (χ0n) is 16.8. The first kappa shape index (κ1) is 21.5. The number of ether oxygens (including phenoxy) is 2. The maximum absolute atomic E-state index is 12.4. The summed E-state index contributed by atoms with van der Waals surface area (Å²) in [7, 11) is 0. The van der Waals surface area contributed by atoms with E-state index >= 15 is 0 Å². The van der Waals surface area contributed by atoms with Gasteiger partial charge in [0.1, 0.15) is 16.4 Å². The quantitative estimate of drug-likeness (QED) is 0.580. The van der Waals surface area contributed by atoms with Crippen molar-refractivity contribution in [2.24, 2.45) is 4.99 Å². The number of hydrogen-bond acceptors (Lipinski definition) is 7. The Morgan fingerprint density at radius 3 is 2.57 bits per heavy atom. The molecule has 1 heterocycles. The van der Waals surface area contributed by atoms with Crippen molar-refractivity contribution in [1.29, 1.82) is 0 Å². The number of phenolic OH excluding ortho intramolecular Hbond substituents is 1. The van der Waals surface area contributed by atoms with E-state index in [1.165, 1.54) is 11.8 Å². The van der Waals surface area contributed by atoms with Crippen LogP contribution in [0.2, 0.25) is 0 Å². The Morgan fingerprint density at radius 1 is 1.13 bits per heavy atom. The van der Waals surface area contributed by atoms with Crippen molar-refractivity contribution in [3.63, 3.8) is 0 Å². The molecule has 1 aliphatic heterocycles. The van der Waals surface area contributed by atoms with Gasteiger partial charge in [0.2, 0.25) is 0 Å². The molecule has 0 spiro atoms. The Labute approximate surface area is 179 Å². The van der Waals surface area contributed by atoms with Gasteiger partial charge in [0, 0.05) is 0 Å². The fraction of sp³-hybridized carbons (Fsp3) is 0.217. The van der Waals surface area contributed by atoms with Crippen LogP contribution >= 0.6 is 11.8 Å². The molecule has 2 aromatic rings. The SMILES string of the molecule is CCCOc1ccc(/C=C2\SC(=Nc3ccccc3)C(C(=O)OCC)=C2O)cc1O. The molecular formula is C23H23NO5S. The molecule has 0 unspecified atom stereocenters. The third-order valence-electron chi connectivity index (χ3n) is 4.10. The molecule has 2 N–H and O–H groups in total. The molecule has 0 radical (unpaired) electrons. The number of rotatable bonds is 7. The van der Waals surface area contributed by atoms with E-state index in [2.05, 4.69) is 4.99 Å². The lowest BCUT2D eigenvalue weighted by atomic mass is 10.1. The van der Waals surface area contributed by atoms with Gasteiger partial charge in [-0.1, -0.05) is 43.0 Å². The van der Waals surface area contributed by atoms with E-state index in [4.69, 9.17) is 9.47 Å². The molecule has 156 valence electrons. The second-order valence-corrected chi connectivity index (χ2v) is 7.41. The molecule has 6 nitrogen and oxygen atoms in total. The summed E-state index contributed by atoms with van der Waals surface area (Å²) in [6, 6.07) is 14.1. The molecule has 0 aromatic heterocycles. The van der Waals surface area contributed by atoms with Crippen LogP contribution in [0.5, 0.6) is 11.5 Å². The largest absolute Gasteiger partial charge is 0.506 e. The van der Waals surface area contributed by atoms with Crippen molar-refractivity contribution >= 4 is 34.5 Å². The van der Waals surface area contributed by atoms with Gasteiger partial charge in [-0.3, -0.25) is 0 Å². The smallest absolute Gasteiger partial charge is 0.344 e. The number of aliphatic imine (C=N–C) groups is 1. The van der Waals surface area contributed by atoms with E-state index < -0.39 is 5.97 Å². The molecular weight excluding hydrogens is 402 g/mol. The minimum Gasteiger partial charge on any atom is -0.506 e. The molecule has 0 atom stereocenters. The minimum absolute atomic E-state index is 0.00746. The monoisotopic (exact) mass is 425 g/mol. The number of benzene rings is 2. The highest BCUT2D eigenvalue weighted by atomic mass is 32.2. The van der Waals surface area contributed by atoms with Crippen molar-refractivity contribution in [3.05, 3.63) is 70.3 Å². The number of nitrogens with zero attached hydrogens (tertiary/aromatic N) is 1. The second-order valence-electron chi connectivity index (χ2n) is 6.38. The topological polar surface area (TPSA) is 88.4 Å². The number of aliphatic hydroxyl groups is 1. The zero-order chi connectivity index (χ0) is 21.5. The number of aliphatic hydroxyl groups excluding tert-OH is 1. The number of thioether (sulfide) groups is 1. The molecule has 0 saturated carbocycles. The maximum Gasteiger partial charge on any atom is 0.344 e. The van der Waals surface area contributed by atoms with Gasteiger partial charge in [-0.2, -0.15) is 0 Å². The van der Waals surface area contributed by atoms with Crippen molar-refractivity contribution in [2.75, 3.05) is 13.2 Å². The molecule has 0 fully saturated rings. The van der Waals surface area contributed by atoms with Gasteiger partial charge >= 0.3 is 5.97 Å². The second kappa shape index (κ2) is 10.0. The lowest BCUT2D eigenvalue weighted by Crippen LogP contribution is -2.12. The van der Waals surface area contributed by atoms with Gasteiger partial charge in [-0.25, -0.2) is 9.79 Å².